The maximum Gasteiger partial charge on any atom is 0.225 e. The maximum absolute atomic E-state index is 13.3. The Kier molecular flexibility index (Phi) is 5.16. The van der Waals surface area contributed by atoms with E-state index in [0.29, 0.717) is 46.1 Å². The molecule has 0 bridgehead atoms. The number of amides is 1. The van der Waals surface area contributed by atoms with Crippen LogP contribution in [0.15, 0.2) is 66.9 Å². The van der Waals surface area contributed by atoms with E-state index in [1.165, 1.54) is 11.1 Å². The number of halogens is 1. The second kappa shape index (κ2) is 8.35. The summed E-state index contributed by atoms with van der Waals surface area (Å²) in [7, 11) is 0. The molecule has 0 spiro atoms. The number of pyridine rings is 1. The third-order valence-corrected chi connectivity index (χ3v) is 7.12. The molecule has 0 fully saturated rings. The largest absolute Gasteiger partial charge is 0.324 e. The number of ketones is 1. The van der Waals surface area contributed by atoms with E-state index in [2.05, 4.69) is 39.5 Å². The second-order valence-electron chi connectivity index (χ2n) is 8.83. The zero-order valence-corrected chi connectivity index (χ0v) is 19.2. The fourth-order valence-electron chi connectivity index (χ4n) is 5.10. The molecule has 0 atom stereocenters. The van der Waals surface area contributed by atoms with E-state index in [1.54, 1.807) is 18.3 Å². The molecule has 4 aromatic rings. The van der Waals surface area contributed by atoms with Gasteiger partial charge in [0.2, 0.25) is 5.91 Å². The fourth-order valence-corrected chi connectivity index (χ4v) is 5.30. The molecule has 1 amide bonds. The minimum absolute atomic E-state index is 0.0831. The van der Waals surface area contributed by atoms with Crippen molar-refractivity contribution in [2.24, 2.45) is 0 Å². The lowest BCUT2D eigenvalue weighted by atomic mass is 9.85. The first kappa shape index (κ1) is 21.0. The van der Waals surface area contributed by atoms with Crippen molar-refractivity contribution in [2.45, 2.75) is 19.4 Å². The first-order valence-corrected chi connectivity index (χ1v) is 11.8. The van der Waals surface area contributed by atoms with E-state index in [4.69, 9.17) is 11.6 Å². The minimum atomic E-state index is -0.132. The lowest BCUT2D eigenvalue weighted by molar-refractivity contribution is -0.116. The molecule has 5 nitrogen and oxygen atoms in total. The van der Waals surface area contributed by atoms with Crippen LogP contribution in [0.5, 0.6) is 0 Å². The summed E-state index contributed by atoms with van der Waals surface area (Å²) in [6.45, 7) is 2.44. The van der Waals surface area contributed by atoms with E-state index in [1.807, 2.05) is 24.3 Å². The van der Waals surface area contributed by atoms with Gasteiger partial charge in [-0.05, 0) is 41.1 Å². The molecule has 0 radical (unpaired) electrons. The number of fused-ring (bicyclic) bond motifs is 3. The Bertz CT molecular complexity index is 1470. The molecule has 1 aliphatic carbocycles. The van der Waals surface area contributed by atoms with Crippen molar-refractivity contribution in [2.75, 3.05) is 18.4 Å². The fraction of sp³-hybridized carbons (Fsp3) is 0.179. The van der Waals surface area contributed by atoms with Gasteiger partial charge in [-0.2, -0.15) is 0 Å². The standard InChI is InChI=1S/C28H22ClN3O2/c29-22-9-8-21-25(27-24-18(10-13-30-27)6-3-7-20(24)28(21)34)26(22)31-23(33)12-15-32-14-11-17-4-1-2-5-19(17)16-32/h1-10,13H,11-12,14-16H2,(H,31,33). The average Bonchev–Trinajstić information content (AvgIpc) is 2.87. The molecule has 1 aliphatic heterocycles. The zero-order chi connectivity index (χ0) is 23.2. The van der Waals surface area contributed by atoms with Gasteiger partial charge in [0, 0.05) is 54.3 Å². The van der Waals surface area contributed by atoms with Gasteiger partial charge in [-0.3, -0.25) is 19.5 Å². The van der Waals surface area contributed by atoms with E-state index >= 15 is 0 Å². The first-order valence-electron chi connectivity index (χ1n) is 11.4. The van der Waals surface area contributed by atoms with Crippen LogP contribution in [0.1, 0.15) is 33.5 Å². The Morgan fingerprint density at radius 2 is 1.85 bits per heavy atom. The number of nitrogens with zero attached hydrogens (tertiary/aromatic N) is 2. The third-order valence-electron chi connectivity index (χ3n) is 6.80. The Labute approximate surface area is 202 Å². The monoisotopic (exact) mass is 467 g/mol. The van der Waals surface area contributed by atoms with Gasteiger partial charge < -0.3 is 5.32 Å². The molecule has 168 valence electrons. The van der Waals surface area contributed by atoms with Crippen molar-refractivity contribution in [3.05, 3.63) is 94.1 Å². The van der Waals surface area contributed by atoms with E-state index in [0.717, 1.165) is 30.3 Å². The zero-order valence-electron chi connectivity index (χ0n) is 18.5. The van der Waals surface area contributed by atoms with Gasteiger partial charge in [0.05, 0.1) is 16.4 Å². The molecular weight excluding hydrogens is 446 g/mol. The lowest BCUT2D eigenvalue weighted by Crippen LogP contribution is -2.33. The number of benzene rings is 3. The van der Waals surface area contributed by atoms with Crippen LogP contribution < -0.4 is 5.32 Å². The minimum Gasteiger partial charge on any atom is -0.324 e. The van der Waals surface area contributed by atoms with Crippen LogP contribution in [0.4, 0.5) is 5.69 Å². The summed E-state index contributed by atoms with van der Waals surface area (Å²) in [4.78, 5) is 33.2. The normalized spacial score (nSPS) is 14.6. The lowest BCUT2D eigenvalue weighted by Gasteiger charge is -2.28. The number of anilines is 1. The van der Waals surface area contributed by atoms with Gasteiger partial charge in [0.25, 0.3) is 0 Å². The smallest absolute Gasteiger partial charge is 0.225 e. The van der Waals surface area contributed by atoms with Crippen molar-refractivity contribution in [3.8, 4) is 11.3 Å². The number of hydrogen-bond donors (Lipinski definition) is 1. The Morgan fingerprint density at radius 1 is 1.00 bits per heavy atom. The number of aromatic nitrogens is 1. The van der Waals surface area contributed by atoms with E-state index in [9.17, 15) is 9.59 Å². The van der Waals surface area contributed by atoms with Crippen molar-refractivity contribution in [1.82, 2.24) is 9.88 Å². The van der Waals surface area contributed by atoms with Crippen LogP contribution in [0.25, 0.3) is 22.0 Å². The topological polar surface area (TPSA) is 62.3 Å². The molecule has 0 saturated heterocycles. The van der Waals surface area contributed by atoms with Gasteiger partial charge in [-0.1, -0.05) is 54.1 Å². The summed E-state index contributed by atoms with van der Waals surface area (Å²) in [5, 5.41) is 5.13. The number of hydrogen-bond acceptors (Lipinski definition) is 4. The summed E-state index contributed by atoms with van der Waals surface area (Å²) < 4.78 is 0. The van der Waals surface area contributed by atoms with E-state index in [-0.39, 0.29) is 11.7 Å². The highest BCUT2D eigenvalue weighted by atomic mass is 35.5. The highest BCUT2D eigenvalue weighted by Gasteiger charge is 2.30. The number of rotatable bonds is 4. The van der Waals surface area contributed by atoms with Crippen molar-refractivity contribution < 1.29 is 9.59 Å². The van der Waals surface area contributed by atoms with Crippen LogP contribution in [-0.4, -0.2) is 34.7 Å². The molecule has 3 aromatic carbocycles. The van der Waals surface area contributed by atoms with Gasteiger partial charge in [-0.15, -0.1) is 0 Å². The summed E-state index contributed by atoms with van der Waals surface area (Å²) in [6, 6.07) is 19.4. The van der Waals surface area contributed by atoms with E-state index < -0.39 is 0 Å². The number of nitrogens with one attached hydrogen (secondary N) is 1. The summed E-state index contributed by atoms with van der Waals surface area (Å²) in [5.41, 5.74) is 5.57. The van der Waals surface area contributed by atoms with Gasteiger partial charge in [0.1, 0.15) is 0 Å². The van der Waals surface area contributed by atoms with Crippen LogP contribution in [0, 0.1) is 0 Å². The quantitative estimate of drug-likeness (QED) is 0.380. The Hall–Kier alpha value is -3.54. The highest BCUT2D eigenvalue weighted by Crippen LogP contribution is 2.44. The van der Waals surface area contributed by atoms with Crippen LogP contribution >= 0.6 is 11.6 Å². The predicted octanol–water partition coefficient (Wildman–Crippen LogP) is 5.49. The summed E-state index contributed by atoms with van der Waals surface area (Å²) in [5.74, 6) is -0.215. The Morgan fingerprint density at radius 3 is 2.74 bits per heavy atom. The molecular formula is C28H22ClN3O2. The Balaban J connectivity index is 1.28. The molecule has 2 aliphatic rings. The molecule has 34 heavy (non-hydrogen) atoms. The molecule has 2 heterocycles. The van der Waals surface area contributed by atoms with Crippen LogP contribution in [-0.2, 0) is 17.8 Å². The van der Waals surface area contributed by atoms with Crippen LogP contribution in [0.3, 0.4) is 0 Å². The number of carbonyl (C=O) groups excluding carboxylic acids is 2. The maximum atomic E-state index is 13.3. The van der Waals surface area contributed by atoms with Gasteiger partial charge >= 0.3 is 0 Å². The molecule has 0 saturated carbocycles. The van der Waals surface area contributed by atoms with Crippen molar-refractivity contribution >= 4 is 39.8 Å². The average molecular weight is 468 g/mol. The second-order valence-corrected chi connectivity index (χ2v) is 9.24. The molecule has 6 rings (SSSR count). The van der Waals surface area contributed by atoms with Gasteiger partial charge in [-0.25, -0.2) is 0 Å². The van der Waals surface area contributed by atoms with Crippen molar-refractivity contribution in [3.63, 3.8) is 0 Å². The molecule has 6 heteroatoms. The van der Waals surface area contributed by atoms with Crippen molar-refractivity contribution in [1.29, 1.82) is 0 Å². The van der Waals surface area contributed by atoms with Gasteiger partial charge in [0.15, 0.2) is 5.78 Å². The third kappa shape index (κ3) is 3.49. The summed E-state index contributed by atoms with van der Waals surface area (Å²) >= 11 is 6.56. The SMILES string of the molecule is O=C(CCN1CCc2ccccc2C1)Nc1c(Cl)ccc2c1-c1nccc3cccc(c13)C2=O. The molecule has 0 unspecified atom stereocenters. The molecule has 1 N–H and O–H groups in total. The van der Waals surface area contributed by atoms with Crippen LogP contribution in [0.2, 0.25) is 5.02 Å². The molecule has 1 aromatic heterocycles. The highest BCUT2D eigenvalue weighted by molar-refractivity contribution is 6.36. The number of carbonyl (C=O) groups is 2. The predicted molar refractivity (Wildman–Crippen MR) is 134 cm³/mol. The first-order chi connectivity index (χ1) is 16.6. The summed E-state index contributed by atoms with van der Waals surface area (Å²) in [6.07, 6.45) is 3.05.